The van der Waals surface area contributed by atoms with Crippen LogP contribution < -0.4 is 10.6 Å². The molecule has 2 amide bonds. The fourth-order valence-electron chi connectivity index (χ4n) is 3.04. The van der Waals surface area contributed by atoms with Crippen molar-refractivity contribution < 1.29 is 19.5 Å². The summed E-state index contributed by atoms with van der Waals surface area (Å²) in [5.74, 6) is -1.82. The predicted molar refractivity (Wildman–Crippen MR) is 101 cm³/mol. The van der Waals surface area contributed by atoms with Gasteiger partial charge < -0.3 is 15.7 Å². The van der Waals surface area contributed by atoms with Crippen LogP contribution in [0.25, 0.3) is 0 Å². The van der Waals surface area contributed by atoms with Crippen molar-refractivity contribution in [3.8, 4) is 0 Å². The maximum Gasteiger partial charge on any atom is 0.306 e. The van der Waals surface area contributed by atoms with Crippen LogP contribution in [0.15, 0.2) is 18.2 Å². The zero-order chi connectivity index (χ0) is 19.5. The van der Waals surface area contributed by atoms with Crippen LogP contribution >= 0.6 is 0 Å². The predicted octanol–water partition coefficient (Wildman–Crippen LogP) is 3.81. The Morgan fingerprint density at radius 3 is 2.35 bits per heavy atom. The summed E-state index contributed by atoms with van der Waals surface area (Å²) in [7, 11) is 0. The van der Waals surface area contributed by atoms with Crippen molar-refractivity contribution in [2.45, 2.75) is 53.4 Å². The zero-order valence-corrected chi connectivity index (χ0v) is 15.9. The molecule has 0 spiro atoms. The minimum Gasteiger partial charge on any atom is -0.481 e. The summed E-state index contributed by atoms with van der Waals surface area (Å²) in [5.41, 5.74) is 1.65. The average molecular weight is 360 g/mol. The Balaban J connectivity index is 2.07. The summed E-state index contributed by atoms with van der Waals surface area (Å²) in [5, 5.41) is 14.9. The lowest BCUT2D eigenvalue weighted by molar-refractivity contribution is -0.143. The fraction of sp³-hybridized carbons (Fsp3) is 0.550. The van der Waals surface area contributed by atoms with Crippen LogP contribution in [0.3, 0.4) is 0 Å². The Hall–Kier alpha value is -2.37. The number of rotatable bonds is 4. The van der Waals surface area contributed by atoms with Crippen molar-refractivity contribution in [3.63, 3.8) is 0 Å². The molecule has 2 unspecified atom stereocenters. The van der Waals surface area contributed by atoms with Crippen LogP contribution in [0.2, 0.25) is 0 Å². The van der Waals surface area contributed by atoms with E-state index < -0.39 is 17.3 Å². The van der Waals surface area contributed by atoms with Gasteiger partial charge in [-0.3, -0.25) is 14.4 Å². The molecule has 26 heavy (non-hydrogen) atoms. The Labute approximate surface area is 154 Å². The normalized spacial score (nSPS) is 20.3. The van der Waals surface area contributed by atoms with Crippen molar-refractivity contribution >= 4 is 29.2 Å². The Morgan fingerprint density at radius 1 is 1.08 bits per heavy atom. The summed E-state index contributed by atoms with van der Waals surface area (Å²) in [6.45, 7) is 7.41. The van der Waals surface area contributed by atoms with Crippen LogP contribution in [-0.2, 0) is 14.4 Å². The van der Waals surface area contributed by atoms with Crippen molar-refractivity contribution in [1.29, 1.82) is 0 Å². The van der Waals surface area contributed by atoms with Crippen LogP contribution in [0, 0.1) is 24.2 Å². The van der Waals surface area contributed by atoms with Crippen molar-refractivity contribution in [1.82, 2.24) is 0 Å². The van der Waals surface area contributed by atoms with Gasteiger partial charge in [0.1, 0.15) is 0 Å². The van der Waals surface area contributed by atoms with Gasteiger partial charge in [-0.15, -0.1) is 0 Å². The average Bonchev–Trinajstić information content (AvgIpc) is 2.57. The monoisotopic (exact) mass is 360 g/mol. The molecule has 2 rings (SSSR count). The van der Waals surface area contributed by atoms with E-state index in [4.69, 9.17) is 0 Å². The molecule has 0 saturated heterocycles. The number of nitrogens with one attached hydrogen (secondary N) is 2. The van der Waals surface area contributed by atoms with E-state index in [9.17, 15) is 19.5 Å². The zero-order valence-electron chi connectivity index (χ0n) is 15.9. The first-order valence-electron chi connectivity index (χ1n) is 9.03. The molecular weight excluding hydrogens is 332 g/mol. The molecule has 1 aliphatic carbocycles. The molecule has 1 saturated carbocycles. The molecule has 1 aromatic rings. The van der Waals surface area contributed by atoms with Gasteiger partial charge >= 0.3 is 5.97 Å². The summed E-state index contributed by atoms with van der Waals surface area (Å²) < 4.78 is 0. The van der Waals surface area contributed by atoms with Crippen molar-refractivity contribution in [2.24, 2.45) is 17.3 Å². The van der Waals surface area contributed by atoms with Gasteiger partial charge in [-0.05, 0) is 43.9 Å². The van der Waals surface area contributed by atoms with E-state index in [1.807, 2.05) is 33.8 Å². The Kier molecular flexibility index (Phi) is 6.05. The number of aryl methyl sites for hydroxylation is 1. The van der Waals surface area contributed by atoms with Crippen LogP contribution in [0.4, 0.5) is 11.4 Å². The first kappa shape index (κ1) is 19.9. The molecule has 1 fully saturated rings. The third kappa shape index (κ3) is 5.07. The van der Waals surface area contributed by atoms with Gasteiger partial charge in [0.15, 0.2) is 0 Å². The van der Waals surface area contributed by atoms with Gasteiger partial charge in [-0.1, -0.05) is 33.3 Å². The summed E-state index contributed by atoms with van der Waals surface area (Å²) in [4.78, 5) is 35.9. The maximum atomic E-state index is 12.5. The molecule has 0 radical (unpaired) electrons. The molecule has 6 nitrogen and oxygen atoms in total. The first-order chi connectivity index (χ1) is 12.1. The SMILES string of the molecule is Cc1ccc(NC(=O)C2CCCC(C(=O)O)C2)cc1NC(=O)C(C)(C)C. The summed E-state index contributed by atoms with van der Waals surface area (Å²) in [6, 6.07) is 5.38. The number of hydrogen-bond donors (Lipinski definition) is 3. The van der Waals surface area contributed by atoms with Gasteiger partial charge in [0.05, 0.1) is 5.92 Å². The number of carbonyl (C=O) groups is 3. The van der Waals surface area contributed by atoms with Gasteiger partial charge in [-0.25, -0.2) is 0 Å². The second-order valence-electron chi connectivity index (χ2n) is 8.12. The lowest BCUT2D eigenvalue weighted by Gasteiger charge is -2.26. The maximum absolute atomic E-state index is 12.5. The second kappa shape index (κ2) is 7.89. The quantitative estimate of drug-likeness (QED) is 0.761. The number of aliphatic carboxylic acids is 1. The lowest BCUT2D eigenvalue weighted by atomic mass is 9.81. The highest BCUT2D eigenvalue weighted by molar-refractivity contribution is 5.97. The van der Waals surface area contributed by atoms with Crippen LogP contribution in [0.1, 0.15) is 52.0 Å². The highest BCUT2D eigenvalue weighted by Crippen LogP contribution is 2.31. The minimum atomic E-state index is -0.829. The Bertz CT molecular complexity index is 706. The van der Waals surface area contributed by atoms with Gasteiger partial charge in [0.25, 0.3) is 0 Å². The molecule has 0 bridgehead atoms. The number of carboxylic acids is 1. The molecule has 3 N–H and O–H groups in total. The molecule has 1 aliphatic rings. The first-order valence-corrected chi connectivity index (χ1v) is 9.03. The summed E-state index contributed by atoms with van der Waals surface area (Å²) in [6.07, 6.45) is 2.46. The highest BCUT2D eigenvalue weighted by Gasteiger charge is 2.31. The number of carbonyl (C=O) groups excluding carboxylic acids is 2. The van der Waals surface area contributed by atoms with E-state index in [-0.39, 0.29) is 17.7 Å². The highest BCUT2D eigenvalue weighted by atomic mass is 16.4. The largest absolute Gasteiger partial charge is 0.481 e. The second-order valence-corrected chi connectivity index (χ2v) is 8.12. The van der Waals surface area contributed by atoms with E-state index in [2.05, 4.69) is 10.6 Å². The lowest BCUT2D eigenvalue weighted by Crippen LogP contribution is -2.31. The van der Waals surface area contributed by atoms with Gasteiger partial charge in [-0.2, -0.15) is 0 Å². The summed E-state index contributed by atoms with van der Waals surface area (Å²) >= 11 is 0. The molecule has 2 atom stereocenters. The van der Waals surface area contributed by atoms with Crippen molar-refractivity contribution in [3.05, 3.63) is 23.8 Å². The number of benzene rings is 1. The van der Waals surface area contributed by atoms with E-state index >= 15 is 0 Å². The topological polar surface area (TPSA) is 95.5 Å². The fourth-order valence-corrected chi connectivity index (χ4v) is 3.04. The molecule has 0 aromatic heterocycles. The van der Waals surface area contributed by atoms with Gasteiger partial charge in [0, 0.05) is 22.7 Å². The van der Waals surface area contributed by atoms with E-state index in [1.165, 1.54) is 0 Å². The Morgan fingerprint density at radius 2 is 1.73 bits per heavy atom. The van der Waals surface area contributed by atoms with Gasteiger partial charge in [0.2, 0.25) is 11.8 Å². The van der Waals surface area contributed by atoms with Crippen LogP contribution in [0.5, 0.6) is 0 Å². The molecule has 1 aromatic carbocycles. The molecular formula is C20H28N2O4. The molecule has 142 valence electrons. The standard InChI is InChI=1S/C20H28N2O4/c1-12-8-9-15(11-16(12)22-19(26)20(2,3)4)21-17(23)13-6-5-7-14(10-13)18(24)25/h8-9,11,13-14H,5-7,10H2,1-4H3,(H,21,23)(H,22,26)(H,24,25). The minimum absolute atomic E-state index is 0.0966. The van der Waals surface area contributed by atoms with Crippen LogP contribution in [-0.4, -0.2) is 22.9 Å². The molecule has 0 aliphatic heterocycles. The smallest absolute Gasteiger partial charge is 0.306 e. The number of amides is 2. The third-order valence-corrected chi connectivity index (χ3v) is 4.83. The number of anilines is 2. The van der Waals surface area contributed by atoms with E-state index in [0.29, 0.717) is 30.6 Å². The third-order valence-electron chi connectivity index (χ3n) is 4.83. The molecule has 0 heterocycles. The van der Waals surface area contributed by atoms with Crippen molar-refractivity contribution in [2.75, 3.05) is 10.6 Å². The number of carboxylic acid groups (broad SMARTS) is 1. The van der Waals surface area contributed by atoms with E-state index in [0.717, 1.165) is 12.0 Å². The van der Waals surface area contributed by atoms with E-state index in [1.54, 1.807) is 12.1 Å². The number of hydrogen-bond acceptors (Lipinski definition) is 3. The molecule has 6 heteroatoms.